The molecule has 144 valence electrons. The molecule has 0 spiro atoms. The first-order valence-electron chi connectivity index (χ1n) is 8.65. The van der Waals surface area contributed by atoms with Gasteiger partial charge < -0.3 is 9.47 Å². The monoisotopic (exact) mass is 380 g/mol. The average Bonchev–Trinajstić information content (AvgIpc) is 2.90. The Hall–Kier alpha value is -3.48. The fraction of sp³-hybridized carbons (Fsp3) is 0.238. The maximum atomic E-state index is 12.9. The predicted molar refractivity (Wildman–Crippen MR) is 103 cm³/mol. The van der Waals surface area contributed by atoms with Crippen molar-refractivity contribution in [2.75, 3.05) is 7.11 Å². The molecular weight excluding hydrogens is 360 g/mol. The number of carbonyl (C=O) groups is 3. The van der Waals surface area contributed by atoms with Crippen LogP contribution in [0.4, 0.5) is 4.79 Å². The molecule has 0 bridgehead atoms. The number of hydrogen-bond acceptors (Lipinski definition) is 5. The van der Waals surface area contributed by atoms with Gasteiger partial charge in [0.25, 0.3) is 11.8 Å². The predicted octanol–water partition coefficient (Wildman–Crippen LogP) is 3.67. The molecule has 1 heterocycles. The Morgan fingerprint density at radius 1 is 0.929 bits per heavy atom. The first-order chi connectivity index (χ1) is 13.2. The van der Waals surface area contributed by atoms with E-state index in [0.717, 1.165) is 4.90 Å². The van der Waals surface area contributed by atoms with Crippen LogP contribution in [0.1, 0.15) is 47.1 Å². The molecule has 0 N–H and O–H groups in total. The Morgan fingerprint density at radius 2 is 1.46 bits per heavy atom. The number of rotatable bonds is 2. The van der Waals surface area contributed by atoms with E-state index >= 15 is 0 Å². The lowest BCUT2D eigenvalue weighted by molar-refractivity contribution is 0.0602. The number of nitrogens with zero attached hydrogens (tertiary/aromatic N) is 2. The molecule has 28 heavy (non-hydrogen) atoms. The second-order valence-electron chi connectivity index (χ2n) is 7.14. The standard InChI is InChI=1S/C21H20N2O5/c1-21(2,3)28-20(26)22-17(13-9-11-14(27-4)12-10-13)23-18(24)15-7-5-6-8-16(15)19(23)25/h5-12H,1-4H3/b22-17-. The molecule has 3 amide bonds. The van der Waals surface area contributed by atoms with Crippen molar-refractivity contribution in [1.82, 2.24) is 4.90 Å². The van der Waals surface area contributed by atoms with Crippen LogP contribution in [0.5, 0.6) is 5.75 Å². The van der Waals surface area contributed by atoms with E-state index < -0.39 is 23.5 Å². The van der Waals surface area contributed by atoms with Crippen molar-refractivity contribution in [3.05, 3.63) is 65.2 Å². The lowest BCUT2D eigenvalue weighted by Crippen LogP contribution is -2.38. The summed E-state index contributed by atoms with van der Waals surface area (Å²) < 4.78 is 10.4. The Morgan fingerprint density at radius 3 is 1.93 bits per heavy atom. The van der Waals surface area contributed by atoms with Crippen molar-refractivity contribution in [2.45, 2.75) is 26.4 Å². The second-order valence-corrected chi connectivity index (χ2v) is 7.14. The number of hydrogen-bond donors (Lipinski definition) is 0. The molecule has 7 heteroatoms. The molecule has 0 aromatic heterocycles. The summed E-state index contributed by atoms with van der Waals surface area (Å²) >= 11 is 0. The van der Waals surface area contributed by atoms with E-state index in [1.54, 1.807) is 69.3 Å². The van der Waals surface area contributed by atoms with Crippen LogP contribution in [0, 0.1) is 0 Å². The van der Waals surface area contributed by atoms with Crippen LogP contribution >= 0.6 is 0 Å². The third-order valence-electron chi connectivity index (χ3n) is 3.94. The Bertz CT molecular complexity index is 936. The van der Waals surface area contributed by atoms with E-state index in [0.29, 0.717) is 11.3 Å². The summed E-state index contributed by atoms with van der Waals surface area (Å²) in [6.45, 7) is 5.11. The van der Waals surface area contributed by atoms with Crippen LogP contribution in [-0.4, -0.2) is 41.4 Å². The van der Waals surface area contributed by atoms with E-state index in [1.165, 1.54) is 7.11 Å². The maximum absolute atomic E-state index is 12.9. The van der Waals surface area contributed by atoms with Crippen LogP contribution < -0.4 is 4.74 Å². The number of imide groups is 1. The summed E-state index contributed by atoms with van der Waals surface area (Å²) in [5, 5.41) is 0. The summed E-state index contributed by atoms with van der Waals surface area (Å²) in [6, 6.07) is 13.0. The van der Waals surface area contributed by atoms with Crippen molar-refractivity contribution < 1.29 is 23.9 Å². The number of benzene rings is 2. The highest BCUT2D eigenvalue weighted by Crippen LogP contribution is 2.26. The average molecular weight is 380 g/mol. The van der Waals surface area contributed by atoms with E-state index in [9.17, 15) is 14.4 Å². The third kappa shape index (κ3) is 3.78. The lowest BCUT2D eigenvalue weighted by atomic mass is 10.1. The van der Waals surface area contributed by atoms with E-state index in [4.69, 9.17) is 9.47 Å². The molecule has 7 nitrogen and oxygen atoms in total. The van der Waals surface area contributed by atoms with Crippen LogP contribution in [0.15, 0.2) is 53.5 Å². The summed E-state index contributed by atoms with van der Waals surface area (Å²) in [5.74, 6) is -0.594. The van der Waals surface area contributed by atoms with Gasteiger partial charge >= 0.3 is 6.09 Å². The van der Waals surface area contributed by atoms with Gasteiger partial charge in [-0.2, -0.15) is 4.99 Å². The number of aliphatic imine (C=N–C) groups is 1. The van der Waals surface area contributed by atoms with Crippen molar-refractivity contribution >= 4 is 23.7 Å². The molecule has 1 aliphatic rings. The van der Waals surface area contributed by atoms with Crippen molar-refractivity contribution in [2.24, 2.45) is 4.99 Å². The molecule has 0 radical (unpaired) electrons. The van der Waals surface area contributed by atoms with Crippen molar-refractivity contribution in [3.8, 4) is 5.75 Å². The first kappa shape index (κ1) is 19.3. The van der Waals surface area contributed by atoms with Crippen LogP contribution in [0.25, 0.3) is 0 Å². The minimum absolute atomic E-state index is 0.0943. The van der Waals surface area contributed by atoms with E-state index in [-0.39, 0.29) is 17.0 Å². The quantitative estimate of drug-likeness (QED) is 0.451. The second kappa shape index (κ2) is 7.26. The van der Waals surface area contributed by atoms with Gasteiger partial charge in [-0.25, -0.2) is 9.69 Å². The van der Waals surface area contributed by atoms with Gasteiger partial charge in [-0.1, -0.05) is 12.1 Å². The summed E-state index contributed by atoms with van der Waals surface area (Å²) in [6.07, 6.45) is -0.894. The fourth-order valence-corrected chi connectivity index (χ4v) is 2.74. The maximum Gasteiger partial charge on any atom is 0.436 e. The molecular formula is C21H20N2O5. The SMILES string of the molecule is COc1ccc(/C(=N/C(=O)OC(C)(C)C)N2C(=O)c3ccccc3C2=O)cc1. The number of carbonyl (C=O) groups excluding carboxylic acids is 3. The Labute approximate surface area is 162 Å². The molecule has 0 unspecified atom stereocenters. The molecule has 0 atom stereocenters. The zero-order valence-corrected chi connectivity index (χ0v) is 16.1. The van der Waals surface area contributed by atoms with E-state index in [2.05, 4.69) is 4.99 Å². The molecule has 2 aromatic rings. The van der Waals surface area contributed by atoms with Gasteiger partial charge in [0, 0.05) is 5.56 Å². The van der Waals surface area contributed by atoms with Gasteiger partial charge in [0.2, 0.25) is 0 Å². The minimum atomic E-state index is -0.894. The van der Waals surface area contributed by atoms with Crippen LogP contribution in [-0.2, 0) is 4.74 Å². The van der Waals surface area contributed by atoms with Gasteiger partial charge in [-0.05, 0) is 57.2 Å². The van der Waals surface area contributed by atoms with Gasteiger partial charge in [-0.15, -0.1) is 0 Å². The lowest BCUT2D eigenvalue weighted by Gasteiger charge is -2.20. The molecule has 0 aliphatic carbocycles. The molecule has 2 aromatic carbocycles. The van der Waals surface area contributed by atoms with Gasteiger partial charge in [-0.3, -0.25) is 9.59 Å². The molecule has 0 saturated heterocycles. The van der Waals surface area contributed by atoms with Crippen LogP contribution in [0.2, 0.25) is 0 Å². The summed E-state index contributed by atoms with van der Waals surface area (Å²) in [7, 11) is 1.52. The minimum Gasteiger partial charge on any atom is -0.497 e. The first-order valence-corrected chi connectivity index (χ1v) is 8.65. The largest absolute Gasteiger partial charge is 0.497 e. The Kier molecular flexibility index (Phi) is 5.00. The highest BCUT2D eigenvalue weighted by molar-refractivity contribution is 6.32. The van der Waals surface area contributed by atoms with Gasteiger partial charge in [0.15, 0.2) is 5.84 Å². The topological polar surface area (TPSA) is 85.3 Å². The van der Waals surface area contributed by atoms with Crippen molar-refractivity contribution in [1.29, 1.82) is 0 Å². The number of amidine groups is 1. The summed E-state index contributed by atoms with van der Waals surface area (Å²) in [5.41, 5.74) is 0.158. The third-order valence-corrected chi connectivity index (χ3v) is 3.94. The smallest absolute Gasteiger partial charge is 0.436 e. The number of ether oxygens (including phenoxy) is 2. The summed E-state index contributed by atoms with van der Waals surface area (Å²) in [4.78, 5) is 42.9. The zero-order chi connectivity index (χ0) is 20.5. The van der Waals surface area contributed by atoms with E-state index in [1.807, 2.05) is 0 Å². The molecule has 0 fully saturated rings. The van der Waals surface area contributed by atoms with Gasteiger partial charge in [0.05, 0.1) is 18.2 Å². The Balaban J connectivity index is 2.07. The highest BCUT2D eigenvalue weighted by Gasteiger charge is 2.39. The van der Waals surface area contributed by atoms with Crippen molar-refractivity contribution in [3.63, 3.8) is 0 Å². The molecule has 0 saturated carbocycles. The molecule has 3 rings (SSSR count). The normalized spacial score (nSPS) is 14.1. The molecule has 1 aliphatic heterocycles. The fourth-order valence-electron chi connectivity index (χ4n) is 2.74. The number of amides is 3. The van der Waals surface area contributed by atoms with Crippen LogP contribution in [0.3, 0.4) is 0 Å². The number of fused-ring (bicyclic) bond motifs is 1. The number of methoxy groups -OCH3 is 1. The highest BCUT2D eigenvalue weighted by atomic mass is 16.6. The van der Waals surface area contributed by atoms with Gasteiger partial charge in [0.1, 0.15) is 11.4 Å². The zero-order valence-electron chi connectivity index (χ0n) is 16.1.